The zero-order valence-electron chi connectivity index (χ0n) is 16.2. The Morgan fingerprint density at radius 3 is 2.48 bits per heavy atom. The van der Waals surface area contributed by atoms with Crippen LogP contribution >= 0.6 is 24.0 Å². The molecule has 1 heterocycles. The van der Waals surface area contributed by atoms with E-state index in [1.165, 1.54) is 16.7 Å². The molecule has 2 rings (SSSR count). The summed E-state index contributed by atoms with van der Waals surface area (Å²) in [6, 6.07) is 10.2. The molecule has 2 aromatic rings. The minimum atomic E-state index is -0.145. The number of aryl methyl sites for hydroxylation is 2. The number of carbonyl (C=O) groups excluding carboxylic acids is 1. The van der Waals surface area contributed by atoms with Gasteiger partial charge in [-0.05, 0) is 44.9 Å². The second kappa shape index (κ2) is 12.4. The largest absolute Gasteiger partial charge is 0.467 e. The molecule has 0 saturated heterocycles. The molecule has 0 aliphatic rings. The van der Waals surface area contributed by atoms with E-state index in [0.717, 1.165) is 25.3 Å². The molecule has 3 N–H and O–H groups in total. The molecule has 0 spiro atoms. The van der Waals surface area contributed by atoms with E-state index in [1.807, 2.05) is 13.0 Å². The zero-order chi connectivity index (χ0) is 18.8. The number of benzene rings is 1. The number of carbonyl (C=O) groups is 1. The van der Waals surface area contributed by atoms with Crippen molar-refractivity contribution in [1.29, 1.82) is 0 Å². The van der Waals surface area contributed by atoms with Gasteiger partial charge in [0, 0.05) is 13.1 Å². The number of nitrogens with one attached hydrogen (secondary N) is 3. The fourth-order valence-corrected chi connectivity index (χ4v) is 2.69. The highest BCUT2D eigenvalue weighted by Gasteiger charge is 2.04. The summed E-state index contributed by atoms with van der Waals surface area (Å²) in [5.41, 5.74) is 3.84. The van der Waals surface area contributed by atoms with Crippen LogP contribution in [0.25, 0.3) is 0 Å². The van der Waals surface area contributed by atoms with E-state index in [-0.39, 0.29) is 36.4 Å². The molecule has 0 saturated carbocycles. The van der Waals surface area contributed by atoms with Crippen LogP contribution in [0, 0.1) is 13.8 Å². The Morgan fingerprint density at radius 1 is 1.11 bits per heavy atom. The van der Waals surface area contributed by atoms with Gasteiger partial charge in [-0.15, -0.1) is 24.0 Å². The molecule has 0 aliphatic carbocycles. The summed E-state index contributed by atoms with van der Waals surface area (Å²) in [7, 11) is 0. The fraction of sp³-hybridized carbons (Fsp3) is 0.400. The summed E-state index contributed by atoms with van der Waals surface area (Å²) in [6.45, 7) is 8.15. The third-order valence-electron chi connectivity index (χ3n) is 3.75. The topological polar surface area (TPSA) is 78.7 Å². The average molecular weight is 484 g/mol. The van der Waals surface area contributed by atoms with Crippen molar-refractivity contribution < 1.29 is 9.21 Å². The standard InChI is InChI=1S/C20H28N4O2.HI/c1-4-21-20(22-8-7-17-11-15(2)10-16(3)12-17)24-14-19(25)23-13-18-6-5-9-26-18;/h5-6,9-12H,4,7-8,13-14H2,1-3H3,(H,23,25)(H2,21,22,24);1H. The van der Waals surface area contributed by atoms with Gasteiger partial charge in [-0.2, -0.15) is 0 Å². The van der Waals surface area contributed by atoms with Gasteiger partial charge in [0.25, 0.3) is 0 Å². The van der Waals surface area contributed by atoms with E-state index < -0.39 is 0 Å². The van der Waals surface area contributed by atoms with Crippen molar-refractivity contribution in [3.8, 4) is 0 Å². The van der Waals surface area contributed by atoms with Crippen LogP contribution in [0.15, 0.2) is 46.0 Å². The lowest BCUT2D eigenvalue weighted by molar-refractivity contribution is -0.119. The summed E-state index contributed by atoms with van der Waals surface area (Å²) >= 11 is 0. The molecule has 1 amide bonds. The molecular formula is C20H29IN4O2. The van der Waals surface area contributed by atoms with Gasteiger partial charge in [-0.25, -0.2) is 4.99 Å². The van der Waals surface area contributed by atoms with E-state index in [1.54, 1.807) is 12.3 Å². The SMILES string of the molecule is CCNC(=NCC(=O)NCc1ccco1)NCCc1cc(C)cc(C)c1.I. The number of halogens is 1. The Kier molecular flexibility index (Phi) is 10.5. The molecular weight excluding hydrogens is 455 g/mol. The lowest BCUT2D eigenvalue weighted by Crippen LogP contribution is -2.39. The highest BCUT2D eigenvalue weighted by atomic mass is 127. The molecule has 6 nitrogen and oxygen atoms in total. The molecule has 148 valence electrons. The second-order valence-electron chi connectivity index (χ2n) is 6.22. The molecule has 0 bridgehead atoms. The van der Waals surface area contributed by atoms with Gasteiger partial charge in [-0.3, -0.25) is 4.79 Å². The normalized spacial score (nSPS) is 10.9. The van der Waals surface area contributed by atoms with Crippen LogP contribution in [0.1, 0.15) is 29.4 Å². The number of rotatable bonds is 8. The van der Waals surface area contributed by atoms with E-state index >= 15 is 0 Å². The third-order valence-corrected chi connectivity index (χ3v) is 3.75. The Bertz CT molecular complexity index is 709. The van der Waals surface area contributed by atoms with Gasteiger partial charge in [0.1, 0.15) is 12.3 Å². The number of furan rings is 1. The van der Waals surface area contributed by atoms with Gasteiger partial charge < -0.3 is 20.4 Å². The van der Waals surface area contributed by atoms with Crippen LogP contribution < -0.4 is 16.0 Å². The summed E-state index contributed by atoms with van der Waals surface area (Å²) in [4.78, 5) is 16.2. The van der Waals surface area contributed by atoms with Gasteiger partial charge in [0.2, 0.25) is 5.91 Å². The minimum Gasteiger partial charge on any atom is -0.467 e. The van der Waals surface area contributed by atoms with Crippen molar-refractivity contribution in [3.05, 3.63) is 59.0 Å². The van der Waals surface area contributed by atoms with Gasteiger partial charge in [-0.1, -0.05) is 29.3 Å². The van der Waals surface area contributed by atoms with Crippen LogP contribution in [0.5, 0.6) is 0 Å². The first-order valence-corrected chi connectivity index (χ1v) is 8.95. The van der Waals surface area contributed by atoms with Crippen molar-refractivity contribution in [3.63, 3.8) is 0 Å². The Labute approximate surface area is 178 Å². The number of guanidine groups is 1. The third kappa shape index (κ3) is 8.94. The smallest absolute Gasteiger partial charge is 0.242 e. The van der Waals surface area contributed by atoms with Crippen LogP contribution in [-0.4, -0.2) is 31.5 Å². The van der Waals surface area contributed by atoms with Gasteiger partial charge in [0.15, 0.2) is 5.96 Å². The number of hydrogen-bond donors (Lipinski definition) is 3. The van der Waals surface area contributed by atoms with Crippen molar-refractivity contribution in [2.24, 2.45) is 4.99 Å². The highest BCUT2D eigenvalue weighted by molar-refractivity contribution is 14.0. The number of hydrogen-bond acceptors (Lipinski definition) is 3. The lowest BCUT2D eigenvalue weighted by Gasteiger charge is -2.12. The summed E-state index contributed by atoms with van der Waals surface area (Å²) in [6.07, 6.45) is 2.49. The van der Waals surface area contributed by atoms with Crippen LogP contribution in [-0.2, 0) is 17.8 Å². The fourth-order valence-electron chi connectivity index (χ4n) is 2.69. The molecule has 0 unspecified atom stereocenters. The molecule has 0 aliphatic heterocycles. The Hall–Kier alpha value is -2.03. The molecule has 27 heavy (non-hydrogen) atoms. The second-order valence-corrected chi connectivity index (χ2v) is 6.22. The first-order valence-electron chi connectivity index (χ1n) is 8.95. The Balaban J connectivity index is 0.00000364. The van der Waals surface area contributed by atoms with Crippen LogP contribution in [0.3, 0.4) is 0 Å². The van der Waals surface area contributed by atoms with E-state index in [4.69, 9.17) is 4.42 Å². The summed E-state index contributed by atoms with van der Waals surface area (Å²) in [5.74, 6) is 1.22. The molecule has 0 fully saturated rings. The molecule has 1 aromatic carbocycles. The zero-order valence-corrected chi connectivity index (χ0v) is 18.5. The number of aliphatic imine (C=N–C) groups is 1. The van der Waals surface area contributed by atoms with Crippen molar-refractivity contribution in [2.75, 3.05) is 19.6 Å². The highest BCUT2D eigenvalue weighted by Crippen LogP contribution is 2.08. The number of nitrogens with zero attached hydrogens (tertiary/aromatic N) is 1. The maximum absolute atomic E-state index is 11.9. The molecule has 0 radical (unpaired) electrons. The average Bonchev–Trinajstić information content (AvgIpc) is 3.10. The predicted octanol–water partition coefficient (Wildman–Crippen LogP) is 2.93. The van der Waals surface area contributed by atoms with E-state index in [0.29, 0.717) is 12.5 Å². The summed E-state index contributed by atoms with van der Waals surface area (Å²) in [5, 5.41) is 9.21. The predicted molar refractivity (Wildman–Crippen MR) is 120 cm³/mol. The van der Waals surface area contributed by atoms with Crippen LogP contribution in [0.2, 0.25) is 0 Å². The first-order chi connectivity index (χ1) is 12.6. The van der Waals surface area contributed by atoms with E-state index in [2.05, 4.69) is 53.0 Å². The molecule has 1 aromatic heterocycles. The quantitative estimate of drug-likeness (QED) is 0.306. The van der Waals surface area contributed by atoms with Crippen molar-refractivity contribution >= 4 is 35.8 Å². The number of amides is 1. The maximum Gasteiger partial charge on any atom is 0.242 e. The maximum atomic E-state index is 11.9. The van der Waals surface area contributed by atoms with Crippen molar-refractivity contribution in [2.45, 2.75) is 33.7 Å². The molecule has 7 heteroatoms. The first kappa shape index (κ1) is 23.0. The van der Waals surface area contributed by atoms with Gasteiger partial charge >= 0.3 is 0 Å². The monoisotopic (exact) mass is 484 g/mol. The van der Waals surface area contributed by atoms with Crippen molar-refractivity contribution in [1.82, 2.24) is 16.0 Å². The van der Waals surface area contributed by atoms with Gasteiger partial charge in [0.05, 0.1) is 12.8 Å². The van der Waals surface area contributed by atoms with Crippen LogP contribution in [0.4, 0.5) is 0 Å². The van der Waals surface area contributed by atoms with E-state index in [9.17, 15) is 4.79 Å². The summed E-state index contributed by atoms with van der Waals surface area (Å²) < 4.78 is 5.18. The molecule has 0 atom stereocenters. The Morgan fingerprint density at radius 2 is 1.85 bits per heavy atom. The lowest BCUT2D eigenvalue weighted by atomic mass is 10.1. The minimum absolute atomic E-state index is 0.